The van der Waals surface area contributed by atoms with Gasteiger partial charge in [0.15, 0.2) is 0 Å². The third-order valence-electron chi connectivity index (χ3n) is 4.16. The number of hydrogen-bond acceptors (Lipinski definition) is 5. The first-order valence-corrected chi connectivity index (χ1v) is 6.46. The fraction of sp³-hybridized carbons (Fsp3) is 0.357. The number of amides is 2. The van der Waals surface area contributed by atoms with Gasteiger partial charge in [0.05, 0.1) is 30.3 Å². The standard InChI is InChI=1S/C14H11NO5/c16-12-7-3-1-2-4-8(7)13(17)15(12)20-14(18)11-9-5-19-6-10(9)11/h1-4,9-11H,5-6H2/t9-,10+,11?. The molecule has 4 rings (SSSR count). The molecule has 6 nitrogen and oxygen atoms in total. The van der Waals surface area contributed by atoms with Gasteiger partial charge >= 0.3 is 5.97 Å². The van der Waals surface area contributed by atoms with E-state index in [1.165, 1.54) is 0 Å². The summed E-state index contributed by atoms with van der Waals surface area (Å²) in [6.07, 6.45) is 0. The normalized spacial score (nSPS) is 30.2. The number of ether oxygens (including phenoxy) is 1. The number of nitrogens with zero attached hydrogens (tertiary/aromatic N) is 1. The minimum Gasteiger partial charge on any atom is -0.381 e. The molecule has 20 heavy (non-hydrogen) atoms. The Labute approximate surface area is 114 Å². The molecule has 2 heterocycles. The zero-order valence-electron chi connectivity index (χ0n) is 10.4. The molecule has 1 saturated carbocycles. The van der Waals surface area contributed by atoms with Gasteiger partial charge in [-0.2, -0.15) is 0 Å². The minimum absolute atomic E-state index is 0.178. The van der Waals surface area contributed by atoms with Crippen molar-refractivity contribution in [3.63, 3.8) is 0 Å². The van der Waals surface area contributed by atoms with Crippen LogP contribution in [0.3, 0.4) is 0 Å². The summed E-state index contributed by atoms with van der Waals surface area (Å²) in [5, 5.41) is 0.571. The second-order valence-corrected chi connectivity index (χ2v) is 5.25. The molecule has 1 aromatic rings. The van der Waals surface area contributed by atoms with Crippen LogP contribution in [0.25, 0.3) is 0 Å². The summed E-state index contributed by atoms with van der Waals surface area (Å²) in [7, 11) is 0. The Morgan fingerprint density at radius 3 is 2.20 bits per heavy atom. The van der Waals surface area contributed by atoms with Crippen LogP contribution < -0.4 is 0 Å². The summed E-state index contributed by atoms with van der Waals surface area (Å²) in [4.78, 5) is 41.1. The van der Waals surface area contributed by atoms with Crippen LogP contribution >= 0.6 is 0 Å². The lowest BCUT2D eigenvalue weighted by molar-refractivity contribution is -0.171. The number of hydroxylamine groups is 2. The number of carbonyl (C=O) groups is 3. The van der Waals surface area contributed by atoms with Crippen molar-refractivity contribution >= 4 is 17.8 Å². The summed E-state index contributed by atoms with van der Waals surface area (Å²) in [6, 6.07) is 6.42. The molecular weight excluding hydrogens is 262 g/mol. The summed E-state index contributed by atoms with van der Waals surface area (Å²) in [6.45, 7) is 1.10. The van der Waals surface area contributed by atoms with E-state index in [1.807, 2.05) is 0 Å². The summed E-state index contributed by atoms with van der Waals surface area (Å²) in [5.74, 6) is -1.57. The van der Waals surface area contributed by atoms with E-state index in [0.29, 0.717) is 18.3 Å². The van der Waals surface area contributed by atoms with Gasteiger partial charge in [0.1, 0.15) is 0 Å². The molecule has 6 heteroatoms. The Bertz CT molecular complexity index is 595. The lowest BCUT2D eigenvalue weighted by Crippen LogP contribution is -2.34. The Balaban J connectivity index is 1.52. The zero-order chi connectivity index (χ0) is 13.9. The number of benzene rings is 1. The molecule has 1 aliphatic carbocycles. The van der Waals surface area contributed by atoms with Gasteiger partial charge in [-0.3, -0.25) is 9.59 Å². The Morgan fingerprint density at radius 2 is 1.65 bits per heavy atom. The van der Waals surface area contributed by atoms with Gasteiger partial charge in [-0.25, -0.2) is 4.79 Å². The van der Waals surface area contributed by atoms with E-state index >= 15 is 0 Å². The van der Waals surface area contributed by atoms with E-state index < -0.39 is 17.8 Å². The summed E-state index contributed by atoms with van der Waals surface area (Å²) < 4.78 is 5.19. The molecular formula is C14H11NO5. The van der Waals surface area contributed by atoms with E-state index in [0.717, 1.165) is 0 Å². The van der Waals surface area contributed by atoms with Crippen molar-refractivity contribution in [1.29, 1.82) is 0 Å². The Hall–Kier alpha value is -2.21. The first-order valence-electron chi connectivity index (χ1n) is 6.46. The average Bonchev–Trinajstić information content (AvgIpc) is 2.84. The molecule has 0 N–H and O–H groups in total. The van der Waals surface area contributed by atoms with Crippen molar-refractivity contribution in [1.82, 2.24) is 5.06 Å². The first-order chi connectivity index (χ1) is 9.68. The fourth-order valence-electron chi connectivity index (χ4n) is 2.99. The van der Waals surface area contributed by atoms with Crippen LogP contribution in [0.15, 0.2) is 24.3 Å². The molecule has 1 saturated heterocycles. The van der Waals surface area contributed by atoms with Crippen molar-refractivity contribution in [2.75, 3.05) is 13.2 Å². The van der Waals surface area contributed by atoms with Gasteiger partial charge in [0.2, 0.25) is 0 Å². The van der Waals surface area contributed by atoms with E-state index in [9.17, 15) is 14.4 Å². The topological polar surface area (TPSA) is 72.9 Å². The predicted octanol–water partition coefficient (Wildman–Crippen LogP) is 0.633. The second-order valence-electron chi connectivity index (χ2n) is 5.25. The highest BCUT2D eigenvalue weighted by atomic mass is 16.7. The first kappa shape index (κ1) is 11.6. The molecule has 1 unspecified atom stereocenters. The van der Waals surface area contributed by atoms with E-state index in [2.05, 4.69) is 0 Å². The van der Waals surface area contributed by atoms with Gasteiger partial charge in [0, 0.05) is 11.8 Å². The highest BCUT2D eigenvalue weighted by molar-refractivity contribution is 6.20. The molecule has 0 aromatic heterocycles. The van der Waals surface area contributed by atoms with Gasteiger partial charge < -0.3 is 9.57 Å². The maximum Gasteiger partial charge on any atom is 0.337 e. The maximum absolute atomic E-state index is 12.0. The molecule has 3 aliphatic rings. The van der Waals surface area contributed by atoms with Crippen LogP contribution in [0.2, 0.25) is 0 Å². The van der Waals surface area contributed by atoms with Crippen LogP contribution in [0, 0.1) is 17.8 Å². The molecule has 3 atom stereocenters. The largest absolute Gasteiger partial charge is 0.381 e. The fourth-order valence-corrected chi connectivity index (χ4v) is 2.99. The number of rotatable bonds is 2. The van der Waals surface area contributed by atoms with Crippen molar-refractivity contribution in [2.45, 2.75) is 0 Å². The van der Waals surface area contributed by atoms with E-state index in [1.54, 1.807) is 24.3 Å². The quantitative estimate of drug-likeness (QED) is 0.739. The minimum atomic E-state index is -0.582. The Morgan fingerprint density at radius 1 is 1.10 bits per heavy atom. The monoisotopic (exact) mass is 273 g/mol. The average molecular weight is 273 g/mol. The zero-order valence-corrected chi connectivity index (χ0v) is 10.4. The van der Waals surface area contributed by atoms with Crippen molar-refractivity contribution in [3.05, 3.63) is 35.4 Å². The van der Waals surface area contributed by atoms with E-state index in [4.69, 9.17) is 9.57 Å². The molecule has 0 spiro atoms. The van der Waals surface area contributed by atoms with Crippen LogP contribution in [-0.2, 0) is 14.4 Å². The lowest BCUT2D eigenvalue weighted by Gasteiger charge is -2.13. The van der Waals surface area contributed by atoms with Gasteiger partial charge in [-0.05, 0) is 12.1 Å². The van der Waals surface area contributed by atoms with Gasteiger partial charge in [-0.1, -0.05) is 17.2 Å². The lowest BCUT2D eigenvalue weighted by atomic mass is 10.1. The molecule has 1 aromatic carbocycles. The van der Waals surface area contributed by atoms with Crippen LogP contribution in [0.5, 0.6) is 0 Å². The van der Waals surface area contributed by atoms with E-state index in [-0.39, 0.29) is 28.9 Å². The van der Waals surface area contributed by atoms with Crippen LogP contribution in [0.4, 0.5) is 0 Å². The number of carbonyl (C=O) groups excluding carboxylic acids is 3. The molecule has 0 bridgehead atoms. The molecule has 102 valence electrons. The van der Waals surface area contributed by atoms with Crippen LogP contribution in [-0.4, -0.2) is 36.1 Å². The third kappa shape index (κ3) is 1.45. The summed E-state index contributed by atoms with van der Waals surface area (Å²) >= 11 is 0. The second kappa shape index (κ2) is 3.89. The molecule has 2 fully saturated rings. The highest BCUT2D eigenvalue weighted by Gasteiger charge is 2.60. The summed E-state index contributed by atoms with van der Waals surface area (Å²) in [5.41, 5.74) is 0.536. The number of imide groups is 1. The Kier molecular flexibility index (Phi) is 2.26. The van der Waals surface area contributed by atoms with Crippen molar-refractivity contribution < 1.29 is 24.0 Å². The molecule has 2 amide bonds. The predicted molar refractivity (Wildman–Crippen MR) is 64.3 cm³/mol. The SMILES string of the molecule is O=C(ON1C(=O)c2ccccc2C1=O)C1[C@H]2COC[C@@H]12. The van der Waals surface area contributed by atoms with Crippen molar-refractivity contribution in [3.8, 4) is 0 Å². The molecule has 0 radical (unpaired) electrons. The highest BCUT2D eigenvalue weighted by Crippen LogP contribution is 2.51. The van der Waals surface area contributed by atoms with Crippen LogP contribution in [0.1, 0.15) is 20.7 Å². The van der Waals surface area contributed by atoms with Crippen molar-refractivity contribution in [2.24, 2.45) is 17.8 Å². The number of hydrogen-bond donors (Lipinski definition) is 0. The van der Waals surface area contributed by atoms with Gasteiger partial charge in [0.25, 0.3) is 11.8 Å². The van der Waals surface area contributed by atoms with Gasteiger partial charge in [-0.15, -0.1) is 0 Å². The third-order valence-corrected chi connectivity index (χ3v) is 4.16. The number of fused-ring (bicyclic) bond motifs is 2. The molecule has 2 aliphatic heterocycles. The maximum atomic E-state index is 12.0. The smallest absolute Gasteiger partial charge is 0.337 e.